The molecule has 2 rings (SSSR count). The van der Waals surface area contributed by atoms with Crippen molar-refractivity contribution in [3.05, 3.63) is 51.4 Å². The molecule has 1 aromatic heterocycles. The van der Waals surface area contributed by atoms with E-state index in [2.05, 4.69) is 14.9 Å². The summed E-state index contributed by atoms with van der Waals surface area (Å²) in [6, 6.07) is 6.58. The molecule has 0 fully saturated rings. The molecule has 0 atom stereocenters. The maximum absolute atomic E-state index is 12.3. The molecule has 0 unspecified atom stereocenters. The molecule has 1 heterocycles. The lowest BCUT2D eigenvalue weighted by Crippen LogP contribution is -2.28. The molecule has 0 aliphatic heterocycles. The van der Waals surface area contributed by atoms with E-state index in [-0.39, 0.29) is 17.0 Å². The highest BCUT2D eigenvalue weighted by molar-refractivity contribution is 7.98. The van der Waals surface area contributed by atoms with E-state index in [4.69, 9.17) is 0 Å². The summed E-state index contributed by atoms with van der Waals surface area (Å²) < 4.78 is 27.0. The molecule has 1 aromatic carbocycles. The number of hydrogen-bond acceptors (Lipinski definition) is 5. The van der Waals surface area contributed by atoms with Gasteiger partial charge in [0, 0.05) is 17.0 Å². The molecule has 0 amide bonds. The van der Waals surface area contributed by atoms with Crippen LogP contribution in [0.25, 0.3) is 0 Å². The van der Waals surface area contributed by atoms with E-state index in [0.717, 1.165) is 4.90 Å². The quantitative estimate of drug-likeness (QED) is 0.807. The lowest BCUT2D eigenvalue weighted by Gasteiger charge is -2.09. The molecule has 0 aliphatic carbocycles. The Balaban J connectivity index is 2.23. The van der Waals surface area contributed by atoms with Gasteiger partial charge in [-0.1, -0.05) is 0 Å². The molecule has 2 N–H and O–H groups in total. The van der Waals surface area contributed by atoms with Crippen LogP contribution in [0.2, 0.25) is 0 Å². The number of rotatable bonds is 5. The first-order chi connectivity index (χ1) is 10.3. The zero-order valence-corrected chi connectivity index (χ0v) is 14.1. The van der Waals surface area contributed by atoms with Crippen molar-refractivity contribution < 1.29 is 8.42 Å². The Morgan fingerprint density at radius 1 is 1.23 bits per heavy atom. The van der Waals surface area contributed by atoms with Crippen LogP contribution in [0.1, 0.15) is 16.8 Å². The lowest BCUT2D eigenvalue weighted by molar-refractivity contribution is 0.580. The molecule has 22 heavy (non-hydrogen) atoms. The minimum atomic E-state index is -3.66. The van der Waals surface area contributed by atoms with Crippen molar-refractivity contribution in [2.24, 2.45) is 0 Å². The van der Waals surface area contributed by atoms with Gasteiger partial charge in [-0.05, 0) is 49.9 Å². The second-order valence-electron chi connectivity index (χ2n) is 4.74. The van der Waals surface area contributed by atoms with Gasteiger partial charge in [0.1, 0.15) is 0 Å². The third-order valence-corrected chi connectivity index (χ3v) is 5.56. The van der Waals surface area contributed by atoms with E-state index in [1.165, 1.54) is 11.8 Å². The smallest absolute Gasteiger partial charge is 0.268 e. The van der Waals surface area contributed by atoms with E-state index in [1.807, 2.05) is 6.26 Å². The van der Waals surface area contributed by atoms with Crippen molar-refractivity contribution in [1.29, 1.82) is 0 Å². The second-order valence-corrected chi connectivity index (χ2v) is 7.39. The monoisotopic (exact) mass is 339 g/mol. The van der Waals surface area contributed by atoms with Crippen LogP contribution in [0.5, 0.6) is 0 Å². The lowest BCUT2D eigenvalue weighted by atomic mass is 10.1. The average Bonchev–Trinajstić information content (AvgIpc) is 2.51. The van der Waals surface area contributed by atoms with Crippen LogP contribution in [0.3, 0.4) is 0 Å². The van der Waals surface area contributed by atoms with E-state index in [1.54, 1.807) is 38.1 Å². The summed E-state index contributed by atoms with van der Waals surface area (Å²) in [4.78, 5) is 12.9. The van der Waals surface area contributed by atoms with Gasteiger partial charge >= 0.3 is 0 Å². The minimum absolute atomic E-state index is 0.0723. The summed E-state index contributed by atoms with van der Waals surface area (Å²) in [7, 11) is -3.66. The number of nitrogens with zero attached hydrogens (tertiary/aromatic N) is 1. The van der Waals surface area contributed by atoms with Gasteiger partial charge in [0.2, 0.25) is 10.0 Å². The van der Waals surface area contributed by atoms with Gasteiger partial charge in [0.25, 0.3) is 5.56 Å². The molecule has 8 heteroatoms. The molecule has 2 aromatic rings. The number of nitrogens with one attached hydrogen (secondary N) is 2. The molecule has 0 radical (unpaired) electrons. The van der Waals surface area contributed by atoms with E-state index < -0.39 is 10.0 Å². The number of thioether (sulfide) groups is 1. The standard InChI is InChI=1S/C14H17N3O3S2/c1-9-10(2)16-17-14(18)13(9)8-15-22(19,20)12-6-4-11(21-3)5-7-12/h4-7,15H,8H2,1-3H3,(H,17,18). The summed E-state index contributed by atoms with van der Waals surface area (Å²) in [5, 5.41) is 6.20. The first-order valence-electron chi connectivity index (χ1n) is 6.53. The van der Waals surface area contributed by atoms with E-state index in [0.29, 0.717) is 16.8 Å². The Kier molecular flexibility index (Phi) is 5.05. The van der Waals surface area contributed by atoms with Crippen molar-refractivity contribution in [2.45, 2.75) is 30.2 Å². The number of aryl methyl sites for hydroxylation is 1. The van der Waals surface area contributed by atoms with Crippen LogP contribution >= 0.6 is 11.8 Å². The molecule has 0 aliphatic rings. The maximum atomic E-state index is 12.3. The van der Waals surface area contributed by atoms with Crippen molar-refractivity contribution >= 4 is 21.8 Å². The number of benzene rings is 1. The third-order valence-electron chi connectivity index (χ3n) is 3.40. The van der Waals surface area contributed by atoms with Crippen LogP contribution in [0.15, 0.2) is 38.9 Å². The van der Waals surface area contributed by atoms with Crippen LogP contribution in [-0.2, 0) is 16.6 Å². The Morgan fingerprint density at radius 2 is 1.86 bits per heavy atom. The molecule has 0 saturated carbocycles. The minimum Gasteiger partial charge on any atom is -0.268 e. The van der Waals surface area contributed by atoms with Gasteiger partial charge in [-0.2, -0.15) is 5.10 Å². The predicted octanol–water partition coefficient (Wildman–Crippen LogP) is 1.59. The van der Waals surface area contributed by atoms with Crippen molar-refractivity contribution in [3.63, 3.8) is 0 Å². The van der Waals surface area contributed by atoms with Gasteiger partial charge in [0.05, 0.1) is 10.6 Å². The van der Waals surface area contributed by atoms with Gasteiger partial charge in [-0.15, -0.1) is 11.8 Å². The predicted molar refractivity (Wildman–Crippen MR) is 86.6 cm³/mol. The van der Waals surface area contributed by atoms with Crippen molar-refractivity contribution in [3.8, 4) is 0 Å². The SMILES string of the molecule is CSc1ccc(S(=O)(=O)NCc2c(C)c(C)n[nH]c2=O)cc1. The summed E-state index contributed by atoms with van der Waals surface area (Å²) in [6.07, 6.45) is 1.92. The van der Waals surface area contributed by atoms with Crippen LogP contribution < -0.4 is 10.3 Å². The maximum Gasteiger partial charge on any atom is 0.268 e. The zero-order valence-electron chi connectivity index (χ0n) is 12.5. The highest BCUT2D eigenvalue weighted by Crippen LogP contribution is 2.17. The number of H-pyrrole nitrogens is 1. The van der Waals surface area contributed by atoms with Gasteiger partial charge in [-0.25, -0.2) is 18.2 Å². The first kappa shape index (κ1) is 16.7. The molecule has 6 nitrogen and oxygen atoms in total. The number of aromatic nitrogens is 2. The first-order valence-corrected chi connectivity index (χ1v) is 9.24. The van der Waals surface area contributed by atoms with Crippen LogP contribution in [0.4, 0.5) is 0 Å². The Labute approximate surface area is 133 Å². The highest BCUT2D eigenvalue weighted by atomic mass is 32.2. The summed E-state index contributed by atoms with van der Waals surface area (Å²) >= 11 is 1.54. The van der Waals surface area contributed by atoms with Crippen molar-refractivity contribution in [2.75, 3.05) is 6.26 Å². The summed E-state index contributed by atoms with van der Waals surface area (Å²) in [5.74, 6) is 0. The number of sulfonamides is 1. The normalized spacial score (nSPS) is 11.6. The topological polar surface area (TPSA) is 91.9 Å². The third kappa shape index (κ3) is 3.57. The molecule has 0 bridgehead atoms. The molecule has 118 valence electrons. The average molecular weight is 339 g/mol. The molecular formula is C14H17N3O3S2. The Hall–Kier alpha value is -1.64. The summed E-state index contributed by atoms with van der Waals surface area (Å²) in [5.41, 5.74) is 1.34. The molecule has 0 spiro atoms. The molecule has 0 saturated heterocycles. The Bertz CT molecular complexity index is 827. The fourth-order valence-electron chi connectivity index (χ4n) is 1.89. The van der Waals surface area contributed by atoms with Gasteiger partial charge in [-0.3, -0.25) is 4.79 Å². The molecular weight excluding hydrogens is 322 g/mol. The number of hydrogen-bond donors (Lipinski definition) is 2. The largest absolute Gasteiger partial charge is 0.268 e. The fraction of sp³-hybridized carbons (Fsp3) is 0.286. The Morgan fingerprint density at radius 3 is 2.45 bits per heavy atom. The number of aromatic amines is 1. The zero-order chi connectivity index (χ0) is 16.3. The van der Waals surface area contributed by atoms with Gasteiger partial charge < -0.3 is 0 Å². The van der Waals surface area contributed by atoms with Crippen LogP contribution in [0, 0.1) is 13.8 Å². The van der Waals surface area contributed by atoms with E-state index in [9.17, 15) is 13.2 Å². The van der Waals surface area contributed by atoms with Gasteiger partial charge in [0.15, 0.2) is 0 Å². The fourth-order valence-corrected chi connectivity index (χ4v) is 3.30. The van der Waals surface area contributed by atoms with Crippen LogP contribution in [-0.4, -0.2) is 24.9 Å². The second kappa shape index (κ2) is 6.64. The van der Waals surface area contributed by atoms with Crippen molar-refractivity contribution in [1.82, 2.24) is 14.9 Å². The van der Waals surface area contributed by atoms with E-state index >= 15 is 0 Å². The highest BCUT2D eigenvalue weighted by Gasteiger charge is 2.16. The summed E-state index contributed by atoms with van der Waals surface area (Å²) in [6.45, 7) is 3.43.